The van der Waals surface area contributed by atoms with Crippen LogP contribution in [0.4, 0.5) is 5.69 Å². The number of allylic oxidation sites excluding steroid dienone is 1. The number of aromatic nitrogens is 8. The summed E-state index contributed by atoms with van der Waals surface area (Å²) in [6.45, 7) is 6.30. The molecule has 9 heteroatoms. The second-order valence-corrected chi connectivity index (χ2v) is 8.82. The van der Waals surface area contributed by atoms with E-state index in [2.05, 4.69) is 49.0 Å². The van der Waals surface area contributed by atoms with Crippen molar-refractivity contribution in [2.75, 3.05) is 5.32 Å². The van der Waals surface area contributed by atoms with E-state index < -0.39 is 0 Å². The third-order valence-electron chi connectivity index (χ3n) is 6.13. The number of imidazole rings is 1. The van der Waals surface area contributed by atoms with Crippen LogP contribution in [-0.2, 0) is 0 Å². The summed E-state index contributed by atoms with van der Waals surface area (Å²) in [6.07, 6.45) is 10.3. The molecule has 0 amide bonds. The molecular formula is C28H25N9. The Kier molecular flexibility index (Phi) is 5.86. The van der Waals surface area contributed by atoms with Crippen LogP contribution < -0.4 is 5.32 Å². The van der Waals surface area contributed by atoms with Gasteiger partial charge in [-0.25, -0.2) is 9.97 Å². The number of nitrogens with one attached hydrogen (secondary N) is 3. The van der Waals surface area contributed by atoms with Crippen molar-refractivity contribution in [1.82, 2.24) is 40.1 Å². The Morgan fingerprint density at radius 1 is 0.919 bits per heavy atom. The molecule has 0 atom stereocenters. The first-order valence-electron chi connectivity index (χ1n) is 12.2. The van der Waals surface area contributed by atoms with Crippen molar-refractivity contribution in [3.05, 3.63) is 79.5 Å². The van der Waals surface area contributed by atoms with E-state index in [1.807, 2.05) is 42.5 Å². The zero-order valence-electron chi connectivity index (χ0n) is 20.4. The molecule has 6 rings (SSSR count). The summed E-state index contributed by atoms with van der Waals surface area (Å²) in [5, 5.41) is 11.0. The largest absolute Gasteiger partial charge is 0.358 e. The van der Waals surface area contributed by atoms with Crippen LogP contribution in [0, 0.1) is 0 Å². The van der Waals surface area contributed by atoms with Gasteiger partial charge in [0, 0.05) is 29.9 Å². The lowest BCUT2D eigenvalue weighted by Crippen LogP contribution is -1.99. The summed E-state index contributed by atoms with van der Waals surface area (Å²) in [7, 11) is 0. The topological polar surface area (TPSA) is 121 Å². The second-order valence-electron chi connectivity index (χ2n) is 8.82. The molecule has 3 N–H and O–H groups in total. The van der Waals surface area contributed by atoms with E-state index in [0.29, 0.717) is 17.2 Å². The smallest absolute Gasteiger partial charge is 0.161 e. The van der Waals surface area contributed by atoms with Gasteiger partial charge in [-0.3, -0.25) is 20.1 Å². The van der Waals surface area contributed by atoms with E-state index in [0.717, 1.165) is 69.7 Å². The monoisotopic (exact) mass is 487 g/mol. The number of rotatable bonds is 8. The fraction of sp³-hybridized carbons (Fsp3) is 0.143. The summed E-state index contributed by atoms with van der Waals surface area (Å²) in [6, 6.07) is 13.6. The van der Waals surface area contributed by atoms with Gasteiger partial charge in [0.1, 0.15) is 16.7 Å². The number of nitrogens with zero attached hydrogens (tertiary/aromatic N) is 6. The second kappa shape index (κ2) is 9.62. The minimum Gasteiger partial charge on any atom is -0.358 e. The Morgan fingerprint density at radius 2 is 1.84 bits per heavy atom. The molecule has 0 fully saturated rings. The molecule has 0 aliphatic heterocycles. The average Bonchev–Trinajstić information content (AvgIpc) is 3.56. The standard InChI is InChI=1S/C28H25N9/c1-3-4-7-17(2)32-19-14-18(15-29-16-19)20-9-10-23-26(33-20)27(37-36-23)28-34-22-11-13-31-24(25(22)35-28)21-8-5-6-12-30-21/h5-6,8-16,32H,2-4,7H2,1H3,(H,34,35)(H,36,37). The average molecular weight is 488 g/mol. The first-order chi connectivity index (χ1) is 18.2. The van der Waals surface area contributed by atoms with Crippen LogP contribution in [0.25, 0.3) is 56.2 Å². The molecule has 0 saturated carbocycles. The highest BCUT2D eigenvalue weighted by molar-refractivity contribution is 5.94. The first kappa shape index (κ1) is 22.5. The fourth-order valence-electron chi connectivity index (χ4n) is 4.27. The van der Waals surface area contributed by atoms with Gasteiger partial charge in [0.05, 0.1) is 34.3 Å². The lowest BCUT2D eigenvalue weighted by molar-refractivity contribution is 0.791. The highest BCUT2D eigenvalue weighted by Gasteiger charge is 2.17. The summed E-state index contributed by atoms with van der Waals surface area (Å²) in [5.41, 5.74) is 8.78. The molecule has 6 heterocycles. The first-order valence-corrected chi connectivity index (χ1v) is 12.2. The predicted molar refractivity (Wildman–Crippen MR) is 146 cm³/mol. The van der Waals surface area contributed by atoms with Gasteiger partial charge in [0.2, 0.25) is 0 Å². The summed E-state index contributed by atoms with van der Waals surface area (Å²) >= 11 is 0. The zero-order chi connectivity index (χ0) is 25.2. The third kappa shape index (κ3) is 4.42. The van der Waals surface area contributed by atoms with Crippen molar-refractivity contribution in [3.8, 4) is 34.2 Å². The van der Waals surface area contributed by atoms with Crippen LogP contribution in [0.2, 0.25) is 0 Å². The molecule has 0 bridgehead atoms. The number of pyridine rings is 4. The van der Waals surface area contributed by atoms with Gasteiger partial charge in [-0.15, -0.1) is 0 Å². The molecule has 0 aliphatic carbocycles. The van der Waals surface area contributed by atoms with Gasteiger partial charge in [-0.05, 0) is 49.2 Å². The van der Waals surface area contributed by atoms with Crippen LogP contribution >= 0.6 is 0 Å². The van der Waals surface area contributed by atoms with E-state index in [4.69, 9.17) is 9.97 Å². The van der Waals surface area contributed by atoms with Crippen LogP contribution in [-0.4, -0.2) is 40.1 Å². The number of aromatic amines is 2. The van der Waals surface area contributed by atoms with Crippen LogP contribution in [0.3, 0.4) is 0 Å². The Morgan fingerprint density at radius 3 is 2.70 bits per heavy atom. The molecule has 0 unspecified atom stereocenters. The Hall–Kier alpha value is -4.92. The van der Waals surface area contributed by atoms with Crippen molar-refractivity contribution in [2.45, 2.75) is 26.2 Å². The van der Waals surface area contributed by atoms with E-state index >= 15 is 0 Å². The normalized spacial score (nSPS) is 11.3. The van der Waals surface area contributed by atoms with Gasteiger partial charge in [-0.2, -0.15) is 5.10 Å². The number of anilines is 1. The van der Waals surface area contributed by atoms with Gasteiger partial charge in [-0.1, -0.05) is 26.0 Å². The SMILES string of the molecule is C=C(CCCC)Nc1cncc(-c2ccc3[nH]nc(-c4nc5c(-c6ccccn6)nccc5[nH]4)c3n2)c1. The van der Waals surface area contributed by atoms with Crippen LogP contribution in [0.1, 0.15) is 26.2 Å². The van der Waals surface area contributed by atoms with Crippen molar-refractivity contribution < 1.29 is 0 Å². The van der Waals surface area contributed by atoms with E-state index in [-0.39, 0.29) is 0 Å². The maximum atomic E-state index is 4.93. The Labute approximate surface area is 213 Å². The summed E-state index contributed by atoms with van der Waals surface area (Å²) in [5.74, 6) is 0.608. The van der Waals surface area contributed by atoms with Crippen molar-refractivity contribution in [2.24, 2.45) is 0 Å². The van der Waals surface area contributed by atoms with Crippen LogP contribution in [0.15, 0.2) is 79.5 Å². The number of hydrogen-bond acceptors (Lipinski definition) is 7. The summed E-state index contributed by atoms with van der Waals surface area (Å²) in [4.78, 5) is 26.5. The zero-order valence-corrected chi connectivity index (χ0v) is 20.4. The Bertz CT molecular complexity index is 1720. The van der Waals surface area contributed by atoms with Gasteiger partial charge in [0.15, 0.2) is 11.5 Å². The molecule has 0 radical (unpaired) electrons. The lowest BCUT2D eigenvalue weighted by Gasteiger charge is -2.10. The molecule has 182 valence electrons. The van der Waals surface area contributed by atoms with Crippen molar-refractivity contribution in [1.29, 1.82) is 0 Å². The maximum absolute atomic E-state index is 4.93. The minimum atomic E-state index is 0.608. The number of hydrogen-bond donors (Lipinski definition) is 3. The number of fused-ring (bicyclic) bond motifs is 2. The molecule has 6 aromatic rings. The van der Waals surface area contributed by atoms with E-state index in [1.54, 1.807) is 24.8 Å². The number of unbranched alkanes of at least 4 members (excludes halogenated alkanes) is 1. The van der Waals surface area contributed by atoms with Crippen molar-refractivity contribution >= 4 is 27.8 Å². The Balaban J connectivity index is 1.37. The lowest BCUT2D eigenvalue weighted by atomic mass is 10.1. The van der Waals surface area contributed by atoms with Gasteiger partial charge < -0.3 is 10.3 Å². The van der Waals surface area contributed by atoms with E-state index in [1.165, 1.54) is 0 Å². The van der Waals surface area contributed by atoms with E-state index in [9.17, 15) is 0 Å². The summed E-state index contributed by atoms with van der Waals surface area (Å²) < 4.78 is 0. The molecule has 0 saturated heterocycles. The molecule has 6 aromatic heterocycles. The highest BCUT2D eigenvalue weighted by Crippen LogP contribution is 2.30. The molecule has 0 aliphatic rings. The van der Waals surface area contributed by atoms with Gasteiger partial charge in [0.25, 0.3) is 0 Å². The molecule has 0 aromatic carbocycles. The predicted octanol–water partition coefficient (Wildman–Crippen LogP) is 6.14. The highest BCUT2D eigenvalue weighted by atomic mass is 15.2. The third-order valence-corrected chi connectivity index (χ3v) is 6.13. The van der Waals surface area contributed by atoms with Crippen molar-refractivity contribution in [3.63, 3.8) is 0 Å². The number of H-pyrrole nitrogens is 2. The quantitative estimate of drug-likeness (QED) is 0.236. The molecule has 0 spiro atoms. The van der Waals surface area contributed by atoms with Crippen LogP contribution in [0.5, 0.6) is 0 Å². The molecule has 9 nitrogen and oxygen atoms in total. The van der Waals surface area contributed by atoms with Gasteiger partial charge >= 0.3 is 0 Å². The maximum Gasteiger partial charge on any atom is 0.161 e. The minimum absolute atomic E-state index is 0.608. The molecule has 37 heavy (non-hydrogen) atoms. The molecular weight excluding hydrogens is 462 g/mol. The fourth-order valence-corrected chi connectivity index (χ4v) is 4.27.